The van der Waals surface area contributed by atoms with Crippen LogP contribution in [0.4, 0.5) is 5.95 Å². The Labute approximate surface area is 198 Å². The summed E-state index contributed by atoms with van der Waals surface area (Å²) in [5.41, 5.74) is 12.1. The van der Waals surface area contributed by atoms with Crippen molar-refractivity contribution in [1.82, 2.24) is 19.5 Å². The summed E-state index contributed by atoms with van der Waals surface area (Å²) in [7, 11) is -4.64. The molecule has 1 fully saturated rings. The van der Waals surface area contributed by atoms with Gasteiger partial charge in [0.25, 0.3) is 5.56 Å². The molecule has 1 aromatic carbocycles. The van der Waals surface area contributed by atoms with Gasteiger partial charge in [-0.15, -0.1) is 0 Å². The average molecular weight is 516 g/mol. The minimum atomic E-state index is -4.64. The lowest BCUT2D eigenvalue weighted by molar-refractivity contribution is -0.0511. The number of hydrogen-bond donors (Lipinski definition) is 9. The van der Waals surface area contributed by atoms with Crippen LogP contribution in [0, 0.1) is 0 Å². The second-order valence-corrected chi connectivity index (χ2v) is 8.71. The molecule has 1 unspecified atom stereocenters. The Morgan fingerprint density at radius 2 is 1.80 bits per heavy atom. The number of fused-ring (bicyclic) bond motifs is 1. The van der Waals surface area contributed by atoms with Crippen molar-refractivity contribution >= 4 is 24.9 Å². The van der Waals surface area contributed by atoms with Crippen LogP contribution in [0.25, 0.3) is 11.2 Å². The van der Waals surface area contributed by atoms with Crippen molar-refractivity contribution in [3.8, 4) is 0 Å². The molecular formula is C19H29N6O9P. The van der Waals surface area contributed by atoms with E-state index in [1.54, 1.807) is 0 Å². The highest BCUT2D eigenvalue weighted by Gasteiger charge is 2.44. The Morgan fingerprint density at radius 1 is 1.20 bits per heavy atom. The molecule has 3 aromatic rings. The molecular weight excluding hydrogens is 487 g/mol. The van der Waals surface area contributed by atoms with Gasteiger partial charge in [-0.2, -0.15) is 4.98 Å². The van der Waals surface area contributed by atoms with Crippen LogP contribution in [0.3, 0.4) is 0 Å². The van der Waals surface area contributed by atoms with E-state index in [2.05, 4.69) is 27.1 Å². The van der Waals surface area contributed by atoms with Crippen molar-refractivity contribution in [3.05, 3.63) is 52.6 Å². The number of phosphoric acid groups is 1. The van der Waals surface area contributed by atoms with Gasteiger partial charge in [0.15, 0.2) is 17.4 Å². The standard InChI is InChI=1S/C10H13N5O5.C9H13N.H3O4P/c11-10-13-7-4(8(19)14-10)12-2-15(7)9-6(18)5(17)3(1-16)20-9;1-8(10)7-9-5-3-2-4-6-9;1-5(2,3)4/h2-3,5-6,9,16-18H,1H2,(H3,11,13,14,19);2-6,8H,7,10H2,1H3;(H3,1,2,3,4)/t3-,5-,6-,9-;;/m1../s1. The molecule has 194 valence electrons. The first-order valence-electron chi connectivity index (χ1n) is 10.2. The van der Waals surface area contributed by atoms with Gasteiger partial charge < -0.3 is 46.2 Å². The largest absolute Gasteiger partial charge is 0.466 e. The maximum atomic E-state index is 11.7. The van der Waals surface area contributed by atoms with Crippen molar-refractivity contribution < 1.29 is 39.3 Å². The van der Waals surface area contributed by atoms with Crippen LogP contribution < -0.4 is 17.0 Å². The first-order valence-corrected chi connectivity index (χ1v) is 11.8. The van der Waals surface area contributed by atoms with Crippen molar-refractivity contribution in [2.24, 2.45) is 5.73 Å². The van der Waals surface area contributed by atoms with E-state index in [0.717, 1.165) is 6.42 Å². The van der Waals surface area contributed by atoms with Gasteiger partial charge in [0.05, 0.1) is 12.9 Å². The number of nitrogens with two attached hydrogens (primary N) is 2. The number of H-pyrrole nitrogens is 1. The third kappa shape index (κ3) is 8.47. The highest BCUT2D eigenvalue weighted by atomic mass is 31.2. The van der Waals surface area contributed by atoms with Gasteiger partial charge in [-0.1, -0.05) is 30.3 Å². The number of ether oxygens (including phenoxy) is 1. The number of imidazole rings is 1. The summed E-state index contributed by atoms with van der Waals surface area (Å²) in [6.07, 6.45) is -2.24. The lowest BCUT2D eigenvalue weighted by Gasteiger charge is -2.16. The van der Waals surface area contributed by atoms with Crippen LogP contribution in [-0.4, -0.2) is 80.5 Å². The topological polar surface area (TPSA) is 263 Å². The van der Waals surface area contributed by atoms with E-state index in [1.165, 1.54) is 16.5 Å². The number of aromatic amines is 1. The van der Waals surface area contributed by atoms with Gasteiger partial charge in [-0.05, 0) is 18.9 Å². The van der Waals surface area contributed by atoms with Gasteiger partial charge in [0.2, 0.25) is 5.95 Å². The molecule has 0 bridgehead atoms. The lowest BCUT2D eigenvalue weighted by atomic mass is 10.1. The molecule has 2 aromatic heterocycles. The van der Waals surface area contributed by atoms with E-state index in [0.29, 0.717) is 0 Å². The Morgan fingerprint density at radius 3 is 2.31 bits per heavy atom. The SMILES string of the molecule is CC(N)Cc1ccccc1.Nc1nc2c(ncn2[C@@H]2O[C@H](CO)[C@@H](O)[C@H]2O)c(=O)[nH]1.O=P(O)(O)O. The van der Waals surface area contributed by atoms with Crippen molar-refractivity contribution in [1.29, 1.82) is 0 Å². The van der Waals surface area contributed by atoms with Crippen LogP contribution in [0.1, 0.15) is 18.7 Å². The monoisotopic (exact) mass is 516 g/mol. The molecule has 11 N–H and O–H groups in total. The van der Waals surface area contributed by atoms with Crippen LogP contribution in [0.5, 0.6) is 0 Å². The quantitative estimate of drug-likeness (QED) is 0.169. The van der Waals surface area contributed by atoms with Gasteiger partial charge in [-0.25, -0.2) is 9.55 Å². The molecule has 16 heteroatoms. The molecule has 1 saturated heterocycles. The van der Waals surface area contributed by atoms with Crippen molar-refractivity contribution in [2.45, 2.75) is 43.9 Å². The van der Waals surface area contributed by atoms with Gasteiger partial charge >= 0.3 is 7.82 Å². The summed E-state index contributed by atoms with van der Waals surface area (Å²) in [6.45, 7) is 1.57. The first kappa shape index (κ1) is 28.5. The third-order valence-corrected chi connectivity index (χ3v) is 4.64. The molecule has 0 radical (unpaired) electrons. The number of hydrogen-bond acceptors (Lipinski definition) is 10. The number of nitrogens with one attached hydrogen (secondary N) is 1. The second-order valence-electron chi connectivity index (χ2n) is 7.68. The highest BCUT2D eigenvalue weighted by Crippen LogP contribution is 2.30. The van der Waals surface area contributed by atoms with Crippen LogP contribution >= 0.6 is 7.82 Å². The number of aromatic nitrogens is 4. The highest BCUT2D eigenvalue weighted by molar-refractivity contribution is 7.45. The Hall–Kier alpha value is -2.72. The number of aliphatic hydroxyl groups excluding tert-OH is 3. The fraction of sp³-hybridized carbons (Fsp3) is 0.421. The zero-order valence-electron chi connectivity index (χ0n) is 18.6. The summed E-state index contributed by atoms with van der Waals surface area (Å²) < 4.78 is 15.5. The fourth-order valence-corrected chi connectivity index (χ4v) is 3.22. The summed E-state index contributed by atoms with van der Waals surface area (Å²) in [6, 6.07) is 10.6. The van der Waals surface area contributed by atoms with E-state index in [9.17, 15) is 15.0 Å². The molecule has 5 atom stereocenters. The van der Waals surface area contributed by atoms with Gasteiger partial charge in [0, 0.05) is 6.04 Å². The van der Waals surface area contributed by atoms with E-state index < -0.39 is 44.5 Å². The normalized spacial score (nSPS) is 22.6. The van der Waals surface area contributed by atoms with Crippen molar-refractivity contribution in [3.63, 3.8) is 0 Å². The zero-order valence-corrected chi connectivity index (χ0v) is 19.5. The Balaban J connectivity index is 0.000000240. The molecule has 1 aliphatic heterocycles. The third-order valence-electron chi connectivity index (χ3n) is 4.64. The number of nitrogen functional groups attached to an aromatic ring is 1. The Kier molecular flexibility index (Phi) is 10.0. The molecule has 1 aliphatic rings. The number of rotatable bonds is 4. The predicted octanol–water partition coefficient (Wildman–Crippen LogP) is -2.04. The molecule has 0 aliphatic carbocycles. The van der Waals surface area contributed by atoms with E-state index in [1.807, 2.05) is 25.1 Å². The Bertz CT molecular complexity index is 1170. The fourth-order valence-electron chi connectivity index (χ4n) is 3.22. The number of nitrogens with zero attached hydrogens (tertiary/aromatic N) is 3. The van der Waals surface area contributed by atoms with E-state index in [4.69, 9.17) is 40.6 Å². The molecule has 15 nitrogen and oxygen atoms in total. The molecule has 3 heterocycles. The molecule has 4 rings (SSSR count). The summed E-state index contributed by atoms with van der Waals surface area (Å²) in [4.78, 5) is 43.3. The first-order chi connectivity index (χ1) is 16.3. The summed E-state index contributed by atoms with van der Waals surface area (Å²) >= 11 is 0. The van der Waals surface area contributed by atoms with E-state index in [-0.39, 0.29) is 23.2 Å². The molecule has 0 saturated carbocycles. The van der Waals surface area contributed by atoms with Gasteiger partial charge in [-0.3, -0.25) is 14.3 Å². The lowest BCUT2D eigenvalue weighted by Crippen LogP contribution is -2.33. The zero-order chi connectivity index (χ0) is 26.3. The molecule has 0 spiro atoms. The number of anilines is 1. The van der Waals surface area contributed by atoms with Crippen LogP contribution in [0.15, 0.2) is 41.5 Å². The minimum Gasteiger partial charge on any atom is -0.394 e. The van der Waals surface area contributed by atoms with Gasteiger partial charge in [0.1, 0.15) is 18.3 Å². The maximum Gasteiger partial charge on any atom is 0.466 e. The van der Waals surface area contributed by atoms with E-state index >= 15 is 0 Å². The predicted molar refractivity (Wildman–Crippen MR) is 124 cm³/mol. The average Bonchev–Trinajstić information content (AvgIpc) is 3.29. The number of benzene rings is 1. The van der Waals surface area contributed by atoms with Crippen LogP contribution in [-0.2, 0) is 15.7 Å². The maximum absolute atomic E-state index is 11.7. The number of aliphatic hydroxyl groups is 3. The second kappa shape index (κ2) is 12.3. The smallest absolute Gasteiger partial charge is 0.394 e. The summed E-state index contributed by atoms with van der Waals surface area (Å²) in [5.74, 6) is -0.101. The minimum absolute atomic E-state index is 0.0388. The van der Waals surface area contributed by atoms with Crippen molar-refractivity contribution in [2.75, 3.05) is 12.3 Å². The molecule has 0 amide bonds. The summed E-state index contributed by atoms with van der Waals surface area (Å²) in [5, 5.41) is 28.7. The molecule has 35 heavy (non-hydrogen) atoms. The van der Waals surface area contributed by atoms with Crippen LogP contribution in [0.2, 0.25) is 0 Å².